The van der Waals surface area contributed by atoms with Crippen molar-refractivity contribution < 1.29 is 4.57 Å². The molecule has 0 aliphatic heterocycles. The van der Waals surface area contributed by atoms with Crippen molar-refractivity contribution in [3.63, 3.8) is 0 Å². The van der Waals surface area contributed by atoms with Gasteiger partial charge in [0.2, 0.25) is 0 Å². The quantitative estimate of drug-likeness (QED) is 0.449. The third kappa shape index (κ3) is 7.75. The summed E-state index contributed by atoms with van der Waals surface area (Å²) in [6.07, 6.45) is 12.7. The number of thioether (sulfide) groups is 1. The van der Waals surface area contributed by atoms with Crippen LogP contribution in [0.25, 0.3) is 0 Å². The molecule has 0 fully saturated rings. The van der Waals surface area contributed by atoms with Gasteiger partial charge in [-0.25, -0.2) is 4.57 Å². The highest BCUT2D eigenvalue weighted by Crippen LogP contribution is 2.09. The SMILES string of the molecule is CCCCCCCSCCC[n+]1ccc(C)cc1. The van der Waals surface area contributed by atoms with E-state index < -0.39 is 0 Å². The van der Waals surface area contributed by atoms with Gasteiger partial charge < -0.3 is 0 Å². The first-order valence-corrected chi connectivity index (χ1v) is 8.52. The van der Waals surface area contributed by atoms with Crippen LogP contribution < -0.4 is 4.57 Å². The van der Waals surface area contributed by atoms with E-state index >= 15 is 0 Å². The van der Waals surface area contributed by atoms with Crippen LogP contribution in [0.3, 0.4) is 0 Å². The Balaban J connectivity index is 1.91. The van der Waals surface area contributed by atoms with Gasteiger partial charge in [-0.1, -0.05) is 32.6 Å². The van der Waals surface area contributed by atoms with Crippen molar-refractivity contribution in [3.8, 4) is 0 Å². The van der Waals surface area contributed by atoms with Crippen LogP contribution in [0.4, 0.5) is 0 Å². The van der Waals surface area contributed by atoms with Crippen molar-refractivity contribution in [1.82, 2.24) is 0 Å². The molecule has 0 N–H and O–H groups in total. The van der Waals surface area contributed by atoms with Gasteiger partial charge in [0.15, 0.2) is 12.4 Å². The molecule has 0 radical (unpaired) electrons. The Kier molecular flexibility index (Phi) is 9.01. The Bertz CT molecular complexity index is 294. The molecule has 0 spiro atoms. The van der Waals surface area contributed by atoms with Gasteiger partial charge in [-0.3, -0.25) is 0 Å². The topological polar surface area (TPSA) is 3.88 Å². The Hall–Kier alpha value is -0.500. The van der Waals surface area contributed by atoms with E-state index in [-0.39, 0.29) is 0 Å². The minimum atomic E-state index is 1.16. The van der Waals surface area contributed by atoms with Crippen molar-refractivity contribution >= 4 is 11.8 Å². The lowest BCUT2D eigenvalue weighted by molar-refractivity contribution is -0.696. The summed E-state index contributed by atoms with van der Waals surface area (Å²) in [7, 11) is 0. The molecule has 2 heteroatoms. The zero-order valence-corrected chi connectivity index (χ0v) is 12.8. The van der Waals surface area contributed by atoms with E-state index in [9.17, 15) is 0 Å². The van der Waals surface area contributed by atoms with E-state index in [4.69, 9.17) is 0 Å². The lowest BCUT2D eigenvalue weighted by atomic mass is 10.2. The minimum Gasteiger partial charge on any atom is -0.205 e. The second-order valence-corrected chi connectivity index (χ2v) is 6.22. The molecule has 1 aromatic rings. The highest BCUT2D eigenvalue weighted by molar-refractivity contribution is 7.99. The zero-order chi connectivity index (χ0) is 13.1. The van der Waals surface area contributed by atoms with Crippen LogP contribution in [0.5, 0.6) is 0 Å². The van der Waals surface area contributed by atoms with E-state index in [0.29, 0.717) is 0 Å². The maximum absolute atomic E-state index is 2.29. The molecule has 102 valence electrons. The molecule has 0 saturated carbocycles. The average molecular weight is 266 g/mol. The molecule has 0 aromatic carbocycles. The Labute approximate surface area is 117 Å². The number of hydrogen-bond acceptors (Lipinski definition) is 1. The summed E-state index contributed by atoms with van der Waals surface area (Å²) < 4.78 is 2.29. The van der Waals surface area contributed by atoms with E-state index in [2.05, 4.69) is 54.7 Å². The van der Waals surface area contributed by atoms with Gasteiger partial charge in [0.25, 0.3) is 0 Å². The fourth-order valence-corrected chi connectivity index (χ4v) is 2.89. The summed E-state index contributed by atoms with van der Waals surface area (Å²) in [5.41, 5.74) is 1.34. The minimum absolute atomic E-state index is 1.16. The molecule has 0 aliphatic carbocycles. The van der Waals surface area contributed by atoms with E-state index in [1.165, 1.54) is 55.6 Å². The van der Waals surface area contributed by atoms with E-state index in [0.717, 1.165) is 6.54 Å². The van der Waals surface area contributed by atoms with Crippen LogP contribution >= 0.6 is 11.8 Å². The summed E-state index contributed by atoms with van der Waals surface area (Å²) in [4.78, 5) is 0. The molecule has 1 rings (SSSR count). The number of unbranched alkanes of at least 4 members (excludes halogenated alkanes) is 4. The van der Waals surface area contributed by atoms with Gasteiger partial charge in [0.05, 0.1) is 0 Å². The molecular weight excluding hydrogens is 238 g/mol. The number of nitrogens with zero attached hydrogens (tertiary/aromatic N) is 1. The van der Waals surface area contributed by atoms with Gasteiger partial charge in [-0.15, -0.1) is 0 Å². The normalized spacial score (nSPS) is 10.8. The molecule has 1 nitrogen and oxygen atoms in total. The Morgan fingerprint density at radius 2 is 1.61 bits per heavy atom. The molecule has 0 bridgehead atoms. The number of pyridine rings is 1. The standard InChI is InChI=1S/C16H28NS/c1-3-4-5-6-7-14-18-15-8-11-17-12-9-16(2)10-13-17/h9-10,12-13H,3-8,11,14-15H2,1-2H3/q+1. The molecule has 1 heterocycles. The lowest BCUT2D eigenvalue weighted by Crippen LogP contribution is -2.32. The third-order valence-electron chi connectivity index (χ3n) is 3.16. The molecule has 0 aliphatic rings. The Morgan fingerprint density at radius 3 is 2.33 bits per heavy atom. The van der Waals surface area contributed by atoms with Crippen LogP contribution in [0, 0.1) is 6.92 Å². The van der Waals surface area contributed by atoms with Crippen LogP contribution in [0.2, 0.25) is 0 Å². The first kappa shape index (κ1) is 15.6. The Morgan fingerprint density at radius 1 is 0.944 bits per heavy atom. The van der Waals surface area contributed by atoms with Gasteiger partial charge in [0, 0.05) is 18.6 Å². The number of aryl methyl sites for hydroxylation is 2. The van der Waals surface area contributed by atoms with E-state index in [1.54, 1.807) is 0 Å². The molecule has 0 unspecified atom stereocenters. The van der Waals surface area contributed by atoms with E-state index in [1.807, 2.05) is 0 Å². The first-order chi connectivity index (χ1) is 8.83. The highest BCUT2D eigenvalue weighted by atomic mass is 32.2. The fourth-order valence-electron chi connectivity index (χ4n) is 1.94. The second-order valence-electron chi connectivity index (χ2n) is 4.99. The number of hydrogen-bond donors (Lipinski definition) is 0. The highest BCUT2D eigenvalue weighted by Gasteiger charge is 1.99. The summed E-state index contributed by atoms with van der Waals surface area (Å²) in [5.74, 6) is 2.65. The van der Waals surface area contributed by atoms with Crippen LogP contribution in [-0.4, -0.2) is 11.5 Å². The monoisotopic (exact) mass is 266 g/mol. The van der Waals surface area contributed by atoms with Crippen molar-refractivity contribution in [2.75, 3.05) is 11.5 Å². The maximum atomic E-state index is 2.29. The molecule has 1 aromatic heterocycles. The molecular formula is C16H28NS+. The summed E-state index contributed by atoms with van der Waals surface area (Å²) in [5, 5.41) is 0. The molecule has 0 atom stereocenters. The molecule has 18 heavy (non-hydrogen) atoms. The predicted octanol–water partition coefficient (Wildman–Crippen LogP) is 4.38. The summed E-state index contributed by atoms with van der Waals surface area (Å²) in [6.45, 7) is 5.57. The average Bonchev–Trinajstić information content (AvgIpc) is 2.39. The van der Waals surface area contributed by atoms with Crippen LogP contribution in [-0.2, 0) is 6.54 Å². The van der Waals surface area contributed by atoms with Gasteiger partial charge in [-0.05, 0) is 30.4 Å². The molecule has 0 amide bonds. The third-order valence-corrected chi connectivity index (χ3v) is 4.31. The van der Waals surface area contributed by atoms with Crippen LogP contribution in [0.1, 0.15) is 51.0 Å². The summed E-state index contributed by atoms with van der Waals surface area (Å²) >= 11 is 2.12. The number of rotatable bonds is 10. The lowest BCUT2D eigenvalue weighted by Gasteiger charge is -2.01. The molecule has 0 saturated heterocycles. The van der Waals surface area contributed by atoms with Gasteiger partial charge in [-0.2, -0.15) is 11.8 Å². The zero-order valence-electron chi connectivity index (χ0n) is 12.0. The maximum Gasteiger partial charge on any atom is 0.169 e. The van der Waals surface area contributed by atoms with Crippen molar-refractivity contribution in [2.45, 2.75) is 58.9 Å². The smallest absolute Gasteiger partial charge is 0.169 e. The van der Waals surface area contributed by atoms with Gasteiger partial charge in [0.1, 0.15) is 6.54 Å². The predicted molar refractivity (Wildman–Crippen MR) is 82.1 cm³/mol. The largest absolute Gasteiger partial charge is 0.205 e. The fraction of sp³-hybridized carbons (Fsp3) is 0.688. The van der Waals surface area contributed by atoms with Crippen LogP contribution in [0.15, 0.2) is 24.5 Å². The first-order valence-electron chi connectivity index (χ1n) is 7.36. The van der Waals surface area contributed by atoms with Crippen molar-refractivity contribution in [1.29, 1.82) is 0 Å². The van der Waals surface area contributed by atoms with Crippen molar-refractivity contribution in [2.24, 2.45) is 0 Å². The van der Waals surface area contributed by atoms with Gasteiger partial charge >= 0.3 is 0 Å². The summed E-state index contributed by atoms with van der Waals surface area (Å²) in [6, 6.07) is 4.36. The van der Waals surface area contributed by atoms with Crippen molar-refractivity contribution in [3.05, 3.63) is 30.1 Å². The number of aromatic nitrogens is 1. The second kappa shape index (κ2) is 10.4.